The van der Waals surface area contributed by atoms with Crippen molar-refractivity contribution in [2.75, 3.05) is 6.54 Å². The van der Waals surface area contributed by atoms with Crippen LogP contribution in [0.5, 0.6) is 0 Å². The number of benzene rings is 1. The fourth-order valence-electron chi connectivity index (χ4n) is 3.18. The molecule has 5 nitrogen and oxygen atoms in total. The number of carboxylic acid groups (broad SMARTS) is 1. The average molecular weight is 325 g/mol. The Kier molecular flexibility index (Phi) is 4.92. The maximum Gasteiger partial charge on any atom is 0.308 e. The van der Waals surface area contributed by atoms with Gasteiger partial charge in [-0.05, 0) is 50.3 Å². The van der Waals surface area contributed by atoms with Crippen LogP contribution < -0.4 is 0 Å². The third-order valence-electron chi connectivity index (χ3n) is 4.58. The van der Waals surface area contributed by atoms with Crippen molar-refractivity contribution < 1.29 is 18.3 Å². The summed E-state index contributed by atoms with van der Waals surface area (Å²) in [6.07, 6.45) is 1.12. The molecule has 1 aromatic rings. The van der Waals surface area contributed by atoms with Gasteiger partial charge >= 0.3 is 5.97 Å². The van der Waals surface area contributed by atoms with Crippen LogP contribution in [0.4, 0.5) is 0 Å². The summed E-state index contributed by atoms with van der Waals surface area (Å²) in [4.78, 5) is 11.3. The number of aryl methyl sites for hydroxylation is 2. The number of hydrogen-bond donors (Lipinski definition) is 1. The van der Waals surface area contributed by atoms with E-state index in [-0.39, 0.29) is 5.75 Å². The molecule has 2 atom stereocenters. The Hall–Kier alpha value is -1.40. The topological polar surface area (TPSA) is 74.7 Å². The van der Waals surface area contributed by atoms with Crippen LogP contribution >= 0.6 is 0 Å². The number of aliphatic carboxylic acids is 1. The van der Waals surface area contributed by atoms with E-state index in [4.69, 9.17) is 0 Å². The van der Waals surface area contributed by atoms with Crippen molar-refractivity contribution in [3.8, 4) is 0 Å². The average Bonchev–Trinajstić information content (AvgIpc) is 2.43. The van der Waals surface area contributed by atoms with Crippen LogP contribution in [0.3, 0.4) is 0 Å². The van der Waals surface area contributed by atoms with Gasteiger partial charge in [0.25, 0.3) is 0 Å². The van der Waals surface area contributed by atoms with E-state index in [2.05, 4.69) is 0 Å². The lowest BCUT2D eigenvalue weighted by Crippen LogP contribution is -2.49. The van der Waals surface area contributed by atoms with Crippen molar-refractivity contribution >= 4 is 16.0 Å². The van der Waals surface area contributed by atoms with Crippen molar-refractivity contribution in [2.45, 2.75) is 45.4 Å². The van der Waals surface area contributed by atoms with E-state index in [0.29, 0.717) is 19.4 Å². The molecule has 0 unspecified atom stereocenters. The fourth-order valence-corrected chi connectivity index (χ4v) is 5.22. The maximum atomic E-state index is 12.8. The second kappa shape index (κ2) is 6.38. The zero-order chi connectivity index (χ0) is 16.5. The van der Waals surface area contributed by atoms with Gasteiger partial charge in [0.2, 0.25) is 10.0 Å². The molecule has 2 rings (SSSR count). The van der Waals surface area contributed by atoms with Crippen LogP contribution in [0, 0.1) is 19.8 Å². The molecule has 1 heterocycles. The van der Waals surface area contributed by atoms with E-state index in [1.54, 1.807) is 6.92 Å². The molecule has 1 aliphatic heterocycles. The Bertz CT molecular complexity index is 648. The maximum absolute atomic E-state index is 12.8. The molecule has 0 saturated carbocycles. The predicted octanol–water partition coefficient (Wildman–Crippen LogP) is 2.32. The van der Waals surface area contributed by atoms with Gasteiger partial charge in [0.05, 0.1) is 11.7 Å². The number of piperidine rings is 1. The van der Waals surface area contributed by atoms with Gasteiger partial charge in [-0.2, -0.15) is 4.31 Å². The zero-order valence-corrected chi connectivity index (χ0v) is 14.1. The minimum absolute atomic E-state index is 0.0673. The van der Waals surface area contributed by atoms with Gasteiger partial charge in [-0.15, -0.1) is 0 Å². The SMILES string of the molecule is Cc1cccc(C)c1CS(=O)(=O)N1CCC[C@@H](C(=O)O)[C@H]1C. The van der Waals surface area contributed by atoms with Crippen LogP contribution in [0.1, 0.15) is 36.5 Å². The van der Waals surface area contributed by atoms with Gasteiger partial charge in [0.15, 0.2) is 0 Å². The Morgan fingerprint density at radius 3 is 2.45 bits per heavy atom. The van der Waals surface area contributed by atoms with Crippen molar-refractivity contribution in [1.82, 2.24) is 4.31 Å². The Morgan fingerprint density at radius 2 is 1.91 bits per heavy atom. The lowest BCUT2D eigenvalue weighted by molar-refractivity contribution is -0.144. The van der Waals surface area contributed by atoms with Gasteiger partial charge in [-0.3, -0.25) is 4.79 Å². The van der Waals surface area contributed by atoms with Gasteiger partial charge in [-0.25, -0.2) is 8.42 Å². The van der Waals surface area contributed by atoms with E-state index >= 15 is 0 Å². The van der Waals surface area contributed by atoms with Gasteiger partial charge in [0.1, 0.15) is 0 Å². The summed E-state index contributed by atoms with van der Waals surface area (Å²) in [5, 5.41) is 9.25. The molecule has 0 radical (unpaired) electrons. The smallest absolute Gasteiger partial charge is 0.308 e. The predicted molar refractivity (Wildman–Crippen MR) is 85.1 cm³/mol. The highest BCUT2D eigenvalue weighted by Crippen LogP contribution is 2.28. The molecule has 1 aromatic carbocycles. The third-order valence-corrected chi connectivity index (χ3v) is 6.46. The Morgan fingerprint density at radius 1 is 1.32 bits per heavy atom. The molecule has 22 heavy (non-hydrogen) atoms. The van der Waals surface area contributed by atoms with Gasteiger partial charge in [0, 0.05) is 12.6 Å². The molecule has 1 saturated heterocycles. The minimum atomic E-state index is -3.53. The highest BCUT2D eigenvalue weighted by atomic mass is 32.2. The summed E-state index contributed by atoms with van der Waals surface area (Å²) < 4.78 is 26.9. The molecule has 0 spiro atoms. The normalized spacial score (nSPS) is 23.4. The minimum Gasteiger partial charge on any atom is -0.481 e. The fraction of sp³-hybridized carbons (Fsp3) is 0.562. The molecule has 0 bridgehead atoms. The third kappa shape index (κ3) is 3.33. The lowest BCUT2D eigenvalue weighted by Gasteiger charge is -2.36. The Balaban J connectivity index is 2.28. The van der Waals surface area contributed by atoms with E-state index in [9.17, 15) is 18.3 Å². The van der Waals surface area contributed by atoms with Crippen LogP contribution in [0.25, 0.3) is 0 Å². The van der Waals surface area contributed by atoms with Crippen LogP contribution in [-0.2, 0) is 20.6 Å². The molecule has 1 aliphatic rings. The molecule has 0 amide bonds. The quantitative estimate of drug-likeness (QED) is 0.922. The number of hydrogen-bond acceptors (Lipinski definition) is 3. The van der Waals surface area contributed by atoms with Crippen LogP contribution in [-0.4, -0.2) is 36.4 Å². The van der Waals surface area contributed by atoms with Crippen molar-refractivity contribution in [2.24, 2.45) is 5.92 Å². The zero-order valence-electron chi connectivity index (χ0n) is 13.2. The summed E-state index contributed by atoms with van der Waals surface area (Å²) in [5.74, 6) is -1.61. The largest absolute Gasteiger partial charge is 0.481 e. The molecule has 6 heteroatoms. The molecule has 122 valence electrons. The van der Waals surface area contributed by atoms with Gasteiger partial charge in [-0.1, -0.05) is 18.2 Å². The first-order valence-corrected chi connectivity index (χ1v) is 9.12. The highest BCUT2D eigenvalue weighted by molar-refractivity contribution is 7.88. The second-order valence-electron chi connectivity index (χ2n) is 6.06. The van der Waals surface area contributed by atoms with E-state index in [0.717, 1.165) is 16.7 Å². The van der Waals surface area contributed by atoms with E-state index in [1.807, 2.05) is 32.0 Å². The van der Waals surface area contributed by atoms with Crippen molar-refractivity contribution in [1.29, 1.82) is 0 Å². The van der Waals surface area contributed by atoms with E-state index < -0.39 is 28.0 Å². The summed E-state index contributed by atoms with van der Waals surface area (Å²) in [5.41, 5.74) is 2.71. The number of carbonyl (C=O) groups is 1. The first-order chi connectivity index (χ1) is 10.2. The lowest BCUT2D eigenvalue weighted by atomic mass is 9.92. The molecular formula is C16H23NO4S. The molecular weight excluding hydrogens is 302 g/mol. The monoisotopic (exact) mass is 325 g/mol. The van der Waals surface area contributed by atoms with Crippen LogP contribution in [0.2, 0.25) is 0 Å². The molecule has 0 aliphatic carbocycles. The summed E-state index contributed by atoms with van der Waals surface area (Å²) in [6, 6.07) is 5.21. The number of nitrogens with zero attached hydrogens (tertiary/aromatic N) is 1. The Labute approximate surface area is 132 Å². The summed E-state index contributed by atoms with van der Waals surface area (Å²) >= 11 is 0. The second-order valence-corrected chi connectivity index (χ2v) is 7.99. The molecule has 0 aromatic heterocycles. The highest BCUT2D eigenvalue weighted by Gasteiger charge is 2.38. The van der Waals surface area contributed by atoms with Crippen molar-refractivity contribution in [3.63, 3.8) is 0 Å². The molecule has 1 fully saturated rings. The van der Waals surface area contributed by atoms with Crippen LogP contribution in [0.15, 0.2) is 18.2 Å². The number of sulfonamides is 1. The number of carboxylic acids is 1. The standard InChI is InChI=1S/C16H23NO4S/c1-11-6-4-7-12(2)15(11)10-22(20,21)17-9-5-8-14(13(17)3)16(18)19/h4,6-7,13-14H,5,8-10H2,1-3H3,(H,18,19)/t13-,14-/m1/s1. The van der Waals surface area contributed by atoms with E-state index in [1.165, 1.54) is 4.31 Å². The summed E-state index contributed by atoms with van der Waals surface area (Å²) in [7, 11) is -3.53. The molecule has 1 N–H and O–H groups in total. The number of rotatable bonds is 4. The first kappa shape index (κ1) is 17.0. The van der Waals surface area contributed by atoms with Crippen molar-refractivity contribution in [3.05, 3.63) is 34.9 Å². The van der Waals surface area contributed by atoms with Gasteiger partial charge < -0.3 is 5.11 Å². The first-order valence-electron chi connectivity index (χ1n) is 7.51. The summed E-state index contributed by atoms with van der Waals surface area (Å²) in [6.45, 7) is 5.90.